The number of benzene rings is 1. The third-order valence-electron chi connectivity index (χ3n) is 2.97. The van der Waals surface area contributed by atoms with E-state index in [1.54, 1.807) is 0 Å². The monoisotopic (exact) mass is 299 g/mol. The molecule has 1 amide bonds. The highest BCUT2D eigenvalue weighted by molar-refractivity contribution is 7.12. The zero-order valence-electron chi connectivity index (χ0n) is 11.4. The Bertz CT molecular complexity index is 749. The van der Waals surface area contributed by atoms with Gasteiger partial charge in [0.1, 0.15) is 0 Å². The maximum absolute atomic E-state index is 12.0. The number of hydrogen-bond acceptors (Lipinski definition) is 5. The molecule has 0 fully saturated rings. The highest BCUT2D eigenvalue weighted by atomic mass is 32.1. The molecule has 0 saturated carbocycles. The van der Waals surface area contributed by atoms with Crippen molar-refractivity contribution in [2.24, 2.45) is 0 Å². The number of hydrogen-bond donors (Lipinski definition) is 1. The first-order valence-corrected chi connectivity index (χ1v) is 7.32. The summed E-state index contributed by atoms with van der Waals surface area (Å²) >= 11 is 1.42. The molecule has 0 bridgehead atoms. The van der Waals surface area contributed by atoms with Crippen LogP contribution in [0.1, 0.15) is 21.1 Å². The fourth-order valence-electron chi connectivity index (χ4n) is 1.87. The van der Waals surface area contributed by atoms with Gasteiger partial charge in [-0.15, -0.1) is 11.3 Å². The van der Waals surface area contributed by atoms with Gasteiger partial charge in [0.05, 0.1) is 11.4 Å². The van der Waals surface area contributed by atoms with Crippen LogP contribution in [-0.2, 0) is 6.54 Å². The molecule has 0 saturated heterocycles. The van der Waals surface area contributed by atoms with E-state index in [4.69, 9.17) is 4.52 Å². The number of nitrogens with one attached hydrogen (secondary N) is 1. The number of aromatic nitrogens is 2. The summed E-state index contributed by atoms with van der Waals surface area (Å²) in [6.45, 7) is 2.13. The van der Waals surface area contributed by atoms with Gasteiger partial charge in [0.15, 0.2) is 0 Å². The number of carbonyl (C=O) groups is 1. The Balaban J connectivity index is 1.66. The van der Waals surface area contributed by atoms with Crippen molar-refractivity contribution in [3.8, 4) is 11.4 Å². The third-order valence-corrected chi connectivity index (χ3v) is 3.98. The van der Waals surface area contributed by atoms with Crippen molar-refractivity contribution in [3.05, 3.63) is 58.1 Å². The second kappa shape index (κ2) is 5.88. The Labute approximate surface area is 125 Å². The molecule has 106 valence electrons. The average Bonchev–Trinajstić information content (AvgIpc) is 3.15. The summed E-state index contributed by atoms with van der Waals surface area (Å²) in [5.74, 6) is 0.783. The van der Waals surface area contributed by atoms with Crippen molar-refractivity contribution in [3.63, 3.8) is 0 Å². The smallest absolute Gasteiger partial charge is 0.262 e. The largest absolute Gasteiger partial charge is 0.342 e. The predicted octanol–water partition coefficient (Wildman–Crippen LogP) is 3.04. The molecule has 0 aliphatic carbocycles. The molecule has 6 heteroatoms. The summed E-state index contributed by atoms with van der Waals surface area (Å²) in [6, 6.07) is 11.5. The average molecular weight is 299 g/mol. The van der Waals surface area contributed by atoms with Gasteiger partial charge in [-0.25, -0.2) is 0 Å². The number of aryl methyl sites for hydroxylation is 1. The minimum absolute atomic E-state index is 0.123. The molecule has 5 nitrogen and oxygen atoms in total. The van der Waals surface area contributed by atoms with Crippen molar-refractivity contribution >= 4 is 17.2 Å². The van der Waals surface area contributed by atoms with Crippen LogP contribution in [0.5, 0.6) is 0 Å². The molecular weight excluding hydrogens is 286 g/mol. The van der Waals surface area contributed by atoms with Crippen molar-refractivity contribution in [2.75, 3.05) is 0 Å². The molecule has 1 N–H and O–H groups in total. The van der Waals surface area contributed by atoms with Crippen LogP contribution in [0, 0.1) is 6.92 Å². The Hall–Kier alpha value is -2.47. The molecule has 3 rings (SSSR count). The zero-order chi connectivity index (χ0) is 14.7. The van der Waals surface area contributed by atoms with E-state index < -0.39 is 0 Å². The summed E-state index contributed by atoms with van der Waals surface area (Å²) in [4.78, 5) is 17.0. The van der Waals surface area contributed by atoms with E-state index in [0.29, 0.717) is 16.6 Å². The van der Waals surface area contributed by atoms with E-state index in [1.165, 1.54) is 11.3 Å². The minimum atomic E-state index is -0.123. The van der Waals surface area contributed by atoms with Gasteiger partial charge in [0.2, 0.25) is 11.7 Å². The van der Waals surface area contributed by atoms with Gasteiger partial charge >= 0.3 is 0 Å². The van der Waals surface area contributed by atoms with Gasteiger partial charge in [0, 0.05) is 5.56 Å². The second-order valence-electron chi connectivity index (χ2n) is 4.49. The molecule has 0 unspecified atom stereocenters. The van der Waals surface area contributed by atoms with Gasteiger partial charge in [-0.05, 0) is 23.9 Å². The SMILES string of the molecule is Cc1ccsc1C(=O)NCc1nc(-c2ccccc2)no1. The highest BCUT2D eigenvalue weighted by Gasteiger charge is 2.13. The number of thiophene rings is 1. The molecule has 0 aliphatic heterocycles. The first kappa shape index (κ1) is 13.5. The number of rotatable bonds is 4. The van der Waals surface area contributed by atoms with E-state index >= 15 is 0 Å². The van der Waals surface area contributed by atoms with Crippen LogP contribution in [0.4, 0.5) is 0 Å². The number of amides is 1. The number of carbonyl (C=O) groups excluding carboxylic acids is 1. The van der Waals surface area contributed by atoms with Crippen LogP contribution < -0.4 is 5.32 Å². The third kappa shape index (κ3) is 3.00. The summed E-state index contributed by atoms with van der Waals surface area (Å²) < 4.78 is 5.14. The minimum Gasteiger partial charge on any atom is -0.342 e. The molecule has 2 aromatic heterocycles. The molecule has 0 aliphatic rings. The van der Waals surface area contributed by atoms with Gasteiger partial charge in [-0.2, -0.15) is 4.98 Å². The molecule has 0 radical (unpaired) electrons. The van der Waals surface area contributed by atoms with Gasteiger partial charge in [0.25, 0.3) is 5.91 Å². The normalized spacial score (nSPS) is 10.5. The molecule has 2 heterocycles. The van der Waals surface area contributed by atoms with E-state index in [9.17, 15) is 4.79 Å². The fourth-order valence-corrected chi connectivity index (χ4v) is 2.71. The summed E-state index contributed by atoms with van der Waals surface area (Å²) in [5, 5.41) is 8.59. The lowest BCUT2D eigenvalue weighted by molar-refractivity contribution is 0.0950. The fraction of sp³-hybridized carbons (Fsp3) is 0.133. The van der Waals surface area contributed by atoms with Gasteiger partial charge < -0.3 is 9.84 Å². The van der Waals surface area contributed by atoms with Crippen LogP contribution in [0.15, 0.2) is 46.3 Å². The predicted molar refractivity (Wildman–Crippen MR) is 80.0 cm³/mol. The zero-order valence-corrected chi connectivity index (χ0v) is 12.2. The van der Waals surface area contributed by atoms with E-state index in [2.05, 4.69) is 15.5 Å². The first-order valence-electron chi connectivity index (χ1n) is 6.44. The summed E-state index contributed by atoms with van der Waals surface area (Å²) in [6.07, 6.45) is 0. The molecule has 0 atom stereocenters. The molecular formula is C15H13N3O2S. The summed E-state index contributed by atoms with van der Waals surface area (Å²) in [5.41, 5.74) is 1.85. The highest BCUT2D eigenvalue weighted by Crippen LogP contribution is 2.16. The maximum atomic E-state index is 12.0. The standard InChI is InChI=1S/C15H13N3O2S/c1-10-7-8-21-13(10)15(19)16-9-12-17-14(18-20-12)11-5-3-2-4-6-11/h2-8H,9H2,1H3,(H,16,19). The van der Waals surface area contributed by atoms with E-state index in [0.717, 1.165) is 11.1 Å². The Morgan fingerprint density at radius 3 is 2.81 bits per heavy atom. The van der Waals surface area contributed by atoms with Gasteiger partial charge in [-0.1, -0.05) is 35.5 Å². The van der Waals surface area contributed by atoms with Crippen molar-refractivity contribution in [2.45, 2.75) is 13.5 Å². The molecule has 21 heavy (non-hydrogen) atoms. The lowest BCUT2D eigenvalue weighted by atomic mass is 10.2. The topological polar surface area (TPSA) is 68.0 Å². The Morgan fingerprint density at radius 2 is 2.10 bits per heavy atom. The maximum Gasteiger partial charge on any atom is 0.262 e. The lowest BCUT2D eigenvalue weighted by Crippen LogP contribution is -2.22. The van der Waals surface area contributed by atoms with Crippen molar-refractivity contribution in [1.29, 1.82) is 0 Å². The number of nitrogens with zero attached hydrogens (tertiary/aromatic N) is 2. The van der Waals surface area contributed by atoms with Crippen LogP contribution in [0.25, 0.3) is 11.4 Å². The van der Waals surface area contributed by atoms with Gasteiger partial charge in [-0.3, -0.25) is 4.79 Å². The van der Waals surface area contributed by atoms with Crippen LogP contribution >= 0.6 is 11.3 Å². The first-order chi connectivity index (χ1) is 10.2. The molecule has 3 aromatic rings. The van der Waals surface area contributed by atoms with E-state index in [-0.39, 0.29) is 12.5 Å². The van der Waals surface area contributed by atoms with Crippen molar-refractivity contribution < 1.29 is 9.32 Å². The van der Waals surface area contributed by atoms with E-state index in [1.807, 2.05) is 48.7 Å². The molecule has 0 spiro atoms. The van der Waals surface area contributed by atoms with Crippen LogP contribution in [-0.4, -0.2) is 16.0 Å². The van der Waals surface area contributed by atoms with Crippen LogP contribution in [0.3, 0.4) is 0 Å². The van der Waals surface area contributed by atoms with Crippen molar-refractivity contribution in [1.82, 2.24) is 15.5 Å². The second-order valence-corrected chi connectivity index (χ2v) is 5.41. The summed E-state index contributed by atoms with van der Waals surface area (Å²) in [7, 11) is 0. The lowest BCUT2D eigenvalue weighted by Gasteiger charge is -2.00. The Kier molecular flexibility index (Phi) is 3.79. The quantitative estimate of drug-likeness (QED) is 0.804. The molecule has 1 aromatic carbocycles. The van der Waals surface area contributed by atoms with Crippen LogP contribution in [0.2, 0.25) is 0 Å². The Morgan fingerprint density at radius 1 is 1.29 bits per heavy atom.